The summed E-state index contributed by atoms with van der Waals surface area (Å²) in [5.41, 5.74) is 1.24. The van der Waals surface area contributed by atoms with Gasteiger partial charge in [0.2, 0.25) is 10.0 Å². The average molecular weight is 366 g/mol. The molecule has 2 heterocycles. The quantitative estimate of drug-likeness (QED) is 0.906. The summed E-state index contributed by atoms with van der Waals surface area (Å²) in [7, 11) is -3.39. The molecular formula is C16H16ClN3O3S. The van der Waals surface area contributed by atoms with Crippen molar-refractivity contribution in [3.05, 3.63) is 53.3 Å². The van der Waals surface area contributed by atoms with E-state index in [1.807, 2.05) is 0 Å². The highest BCUT2D eigenvalue weighted by atomic mass is 35.5. The Labute approximate surface area is 145 Å². The van der Waals surface area contributed by atoms with Gasteiger partial charge in [0.25, 0.3) is 5.91 Å². The molecule has 1 aliphatic rings. The third-order valence-electron chi connectivity index (χ3n) is 3.75. The predicted octanol–water partition coefficient (Wildman–Crippen LogP) is 2.92. The summed E-state index contributed by atoms with van der Waals surface area (Å²) < 4.78 is 25.8. The smallest absolute Gasteiger partial charge is 0.255 e. The predicted molar refractivity (Wildman–Crippen MR) is 94.0 cm³/mol. The molecule has 1 amide bonds. The number of nitrogens with zero attached hydrogens (tertiary/aromatic N) is 2. The second kappa shape index (κ2) is 6.78. The highest BCUT2D eigenvalue weighted by molar-refractivity contribution is 7.92. The largest absolute Gasteiger partial charge is 0.321 e. The minimum Gasteiger partial charge on any atom is -0.321 e. The van der Waals surface area contributed by atoms with Crippen molar-refractivity contribution in [1.29, 1.82) is 0 Å². The Morgan fingerprint density at radius 2 is 2.08 bits per heavy atom. The van der Waals surface area contributed by atoms with Crippen molar-refractivity contribution >= 4 is 38.9 Å². The first kappa shape index (κ1) is 16.7. The van der Waals surface area contributed by atoms with E-state index in [1.165, 1.54) is 16.6 Å². The zero-order valence-corrected chi connectivity index (χ0v) is 14.3. The summed E-state index contributed by atoms with van der Waals surface area (Å²) >= 11 is 6.17. The molecule has 0 spiro atoms. The first-order chi connectivity index (χ1) is 11.5. The molecule has 1 fully saturated rings. The van der Waals surface area contributed by atoms with Gasteiger partial charge in [-0.05, 0) is 43.2 Å². The van der Waals surface area contributed by atoms with Crippen molar-refractivity contribution < 1.29 is 13.2 Å². The third kappa shape index (κ3) is 3.52. The van der Waals surface area contributed by atoms with Crippen molar-refractivity contribution in [2.75, 3.05) is 21.9 Å². The number of amides is 1. The minimum absolute atomic E-state index is 0.0927. The minimum atomic E-state index is -3.39. The van der Waals surface area contributed by atoms with Crippen LogP contribution in [-0.4, -0.2) is 31.6 Å². The summed E-state index contributed by atoms with van der Waals surface area (Å²) in [5.74, 6) is -0.259. The van der Waals surface area contributed by atoms with E-state index < -0.39 is 10.0 Å². The van der Waals surface area contributed by atoms with E-state index in [4.69, 9.17) is 11.6 Å². The fourth-order valence-corrected chi connectivity index (χ4v) is 4.46. The molecule has 0 saturated carbocycles. The zero-order chi connectivity index (χ0) is 17.2. The average Bonchev–Trinajstić information content (AvgIpc) is 2.56. The lowest BCUT2D eigenvalue weighted by atomic mass is 10.1. The Morgan fingerprint density at radius 3 is 2.79 bits per heavy atom. The summed E-state index contributed by atoms with van der Waals surface area (Å²) in [4.78, 5) is 16.3. The molecule has 0 atom stereocenters. The van der Waals surface area contributed by atoms with E-state index in [9.17, 15) is 13.2 Å². The number of nitrogens with one attached hydrogen (secondary N) is 1. The van der Waals surface area contributed by atoms with Crippen LogP contribution in [0.25, 0.3) is 0 Å². The zero-order valence-electron chi connectivity index (χ0n) is 12.8. The topological polar surface area (TPSA) is 79.4 Å². The summed E-state index contributed by atoms with van der Waals surface area (Å²) in [6, 6.07) is 8.05. The first-order valence-electron chi connectivity index (χ1n) is 7.49. The lowest BCUT2D eigenvalue weighted by molar-refractivity contribution is 0.102. The normalized spacial score (nSPS) is 16.6. The number of carbonyl (C=O) groups excluding carboxylic acids is 1. The number of hydrogen-bond acceptors (Lipinski definition) is 4. The van der Waals surface area contributed by atoms with Gasteiger partial charge in [0.1, 0.15) is 0 Å². The van der Waals surface area contributed by atoms with Gasteiger partial charge < -0.3 is 5.32 Å². The Kier molecular flexibility index (Phi) is 4.73. The molecule has 1 aromatic heterocycles. The molecule has 8 heteroatoms. The Morgan fingerprint density at radius 1 is 1.25 bits per heavy atom. The third-order valence-corrected chi connectivity index (χ3v) is 5.92. The van der Waals surface area contributed by atoms with Crippen LogP contribution in [0.4, 0.5) is 11.4 Å². The number of benzene rings is 1. The van der Waals surface area contributed by atoms with Gasteiger partial charge in [0, 0.05) is 18.3 Å². The Balaban J connectivity index is 1.90. The van der Waals surface area contributed by atoms with Crippen LogP contribution in [-0.2, 0) is 10.0 Å². The second-order valence-electron chi connectivity index (χ2n) is 5.46. The van der Waals surface area contributed by atoms with Gasteiger partial charge in [0.15, 0.2) is 0 Å². The van der Waals surface area contributed by atoms with Crippen LogP contribution in [0.1, 0.15) is 23.2 Å². The van der Waals surface area contributed by atoms with E-state index in [0.29, 0.717) is 34.9 Å². The van der Waals surface area contributed by atoms with Gasteiger partial charge in [-0.15, -0.1) is 0 Å². The lowest BCUT2D eigenvalue weighted by Gasteiger charge is -2.29. The molecule has 0 radical (unpaired) electrons. The van der Waals surface area contributed by atoms with Gasteiger partial charge in [0.05, 0.1) is 28.3 Å². The van der Waals surface area contributed by atoms with Gasteiger partial charge >= 0.3 is 0 Å². The fraction of sp³-hybridized carbons (Fsp3) is 0.250. The van der Waals surface area contributed by atoms with E-state index in [0.717, 1.165) is 6.42 Å². The van der Waals surface area contributed by atoms with Crippen LogP contribution in [0.15, 0.2) is 42.7 Å². The van der Waals surface area contributed by atoms with E-state index in [-0.39, 0.29) is 11.7 Å². The molecule has 2 aromatic rings. The molecule has 24 heavy (non-hydrogen) atoms. The maximum Gasteiger partial charge on any atom is 0.255 e. The SMILES string of the molecule is O=C(Nc1cccnc1)c1ccc(Cl)c(N2CCCCS2(=O)=O)c1. The standard InChI is InChI=1S/C16H16ClN3O3S/c17-14-6-5-12(16(21)19-13-4-3-7-18-11-13)10-15(14)20-8-1-2-9-24(20,22)23/h3-7,10-11H,1-2,8-9H2,(H,19,21). The van der Waals surface area contributed by atoms with E-state index >= 15 is 0 Å². The molecular weight excluding hydrogens is 350 g/mol. The number of halogens is 1. The number of rotatable bonds is 3. The van der Waals surface area contributed by atoms with Gasteiger partial charge in [-0.1, -0.05) is 11.6 Å². The van der Waals surface area contributed by atoms with Crippen LogP contribution in [0.3, 0.4) is 0 Å². The van der Waals surface area contributed by atoms with E-state index in [1.54, 1.807) is 30.5 Å². The van der Waals surface area contributed by atoms with E-state index in [2.05, 4.69) is 10.3 Å². The fourth-order valence-electron chi connectivity index (χ4n) is 2.54. The highest BCUT2D eigenvalue weighted by Gasteiger charge is 2.28. The number of carbonyl (C=O) groups is 1. The number of sulfonamides is 1. The monoisotopic (exact) mass is 365 g/mol. The maximum absolute atomic E-state index is 12.4. The van der Waals surface area contributed by atoms with Crippen LogP contribution < -0.4 is 9.62 Å². The Bertz CT molecular complexity index is 856. The lowest BCUT2D eigenvalue weighted by Crippen LogP contribution is -2.38. The summed E-state index contributed by atoms with van der Waals surface area (Å²) in [6.07, 6.45) is 4.54. The number of pyridine rings is 1. The number of hydrogen-bond donors (Lipinski definition) is 1. The molecule has 0 aliphatic carbocycles. The summed E-state index contributed by atoms with van der Waals surface area (Å²) in [5, 5.41) is 3.02. The van der Waals surface area contributed by atoms with Crippen molar-refractivity contribution in [3.8, 4) is 0 Å². The van der Waals surface area contributed by atoms with Crippen LogP contribution >= 0.6 is 11.6 Å². The second-order valence-corrected chi connectivity index (χ2v) is 7.88. The highest BCUT2D eigenvalue weighted by Crippen LogP contribution is 2.31. The van der Waals surface area contributed by atoms with Crippen LogP contribution in [0.5, 0.6) is 0 Å². The first-order valence-corrected chi connectivity index (χ1v) is 9.47. The van der Waals surface area contributed by atoms with Crippen LogP contribution in [0, 0.1) is 0 Å². The van der Waals surface area contributed by atoms with Crippen molar-refractivity contribution in [3.63, 3.8) is 0 Å². The molecule has 126 valence electrons. The van der Waals surface area contributed by atoms with Crippen molar-refractivity contribution in [2.24, 2.45) is 0 Å². The molecule has 1 aromatic carbocycles. The molecule has 1 N–H and O–H groups in total. The molecule has 0 unspecified atom stereocenters. The molecule has 1 aliphatic heterocycles. The van der Waals surface area contributed by atoms with Gasteiger partial charge in [-0.25, -0.2) is 8.42 Å². The molecule has 6 nitrogen and oxygen atoms in total. The molecule has 0 bridgehead atoms. The van der Waals surface area contributed by atoms with Crippen molar-refractivity contribution in [1.82, 2.24) is 4.98 Å². The summed E-state index contributed by atoms with van der Waals surface area (Å²) in [6.45, 7) is 0.371. The van der Waals surface area contributed by atoms with Gasteiger partial charge in [-0.3, -0.25) is 14.1 Å². The van der Waals surface area contributed by atoms with Crippen LogP contribution in [0.2, 0.25) is 5.02 Å². The number of aromatic nitrogens is 1. The van der Waals surface area contributed by atoms with Gasteiger partial charge in [-0.2, -0.15) is 0 Å². The molecule has 1 saturated heterocycles. The Hall–Kier alpha value is -2.12. The number of anilines is 2. The maximum atomic E-state index is 12.4. The molecule has 3 rings (SSSR count). The van der Waals surface area contributed by atoms with Crippen molar-refractivity contribution in [2.45, 2.75) is 12.8 Å².